The van der Waals surface area contributed by atoms with Crippen LogP contribution in [0.4, 0.5) is 11.4 Å². The topological polar surface area (TPSA) is 133 Å². The largest absolute Gasteiger partial charge is 0.352 e. The minimum absolute atomic E-state index is 0.0614. The molecule has 0 atom stereocenters. The standard InChI is InChI=1S/C30H30N4O6/c1-22(38)33(18-19-35)17-15-24-2-10-27(11-3-24)32-30(40)26-8-6-25(7-9-26)29(39)31-16-14-23-4-12-28(13-5-23)34(20-36)21-37/h2-13,19-21H,14-18H2,1H3,(H,31,39)(H,32,40). The summed E-state index contributed by atoms with van der Waals surface area (Å²) < 4.78 is 0. The third-order valence-corrected chi connectivity index (χ3v) is 6.19. The van der Waals surface area contributed by atoms with E-state index < -0.39 is 0 Å². The Kier molecular flexibility index (Phi) is 10.8. The summed E-state index contributed by atoms with van der Waals surface area (Å²) in [5, 5.41) is 5.65. The predicted molar refractivity (Wildman–Crippen MR) is 150 cm³/mol. The van der Waals surface area contributed by atoms with Crippen LogP contribution >= 0.6 is 0 Å². The molecule has 0 aliphatic rings. The van der Waals surface area contributed by atoms with Crippen LogP contribution in [0.2, 0.25) is 0 Å². The highest BCUT2D eigenvalue weighted by molar-refractivity contribution is 6.05. The van der Waals surface area contributed by atoms with Gasteiger partial charge in [0, 0.05) is 36.8 Å². The number of amides is 5. The normalized spacial score (nSPS) is 10.2. The molecule has 0 heterocycles. The number of hydrogen-bond acceptors (Lipinski definition) is 6. The number of aldehydes is 1. The molecule has 0 saturated heterocycles. The van der Waals surface area contributed by atoms with Crippen molar-refractivity contribution in [2.45, 2.75) is 19.8 Å². The van der Waals surface area contributed by atoms with E-state index in [0.29, 0.717) is 67.5 Å². The summed E-state index contributed by atoms with van der Waals surface area (Å²) in [5.74, 6) is -0.754. The fourth-order valence-corrected chi connectivity index (χ4v) is 3.87. The smallest absolute Gasteiger partial charge is 0.255 e. The molecule has 0 radical (unpaired) electrons. The molecule has 0 aromatic heterocycles. The Labute approximate surface area is 232 Å². The first-order chi connectivity index (χ1) is 19.3. The molecule has 0 bridgehead atoms. The first kappa shape index (κ1) is 29.4. The fraction of sp³-hybridized carbons (Fsp3) is 0.200. The number of nitrogens with zero attached hydrogens (tertiary/aromatic N) is 2. The summed E-state index contributed by atoms with van der Waals surface area (Å²) in [4.78, 5) is 71.5. The van der Waals surface area contributed by atoms with E-state index in [4.69, 9.17) is 0 Å². The molecule has 0 fully saturated rings. The number of anilines is 2. The highest BCUT2D eigenvalue weighted by atomic mass is 16.2. The molecule has 5 amide bonds. The Balaban J connectivity index is 1.46. The maximum atomic E-state index is 12.6. The predicted octanol–water partition coefficient (Wildman–Crippen LogP) is 2.62. The van der Waals surface area contributed by atoms with Crippen molar-refractivity contribution in [2.75, 3.05) is 29.9 Å². The van der Waals surface area contributed by atoms with Crippen LogP contribution in [0.1, 0.15) is 38.8 Å². The van der Waals surface area contributed by atoms with Crippen LogP contribution < -0.4 is 15.5 Å². The molecule has 10 nitrogen and oxygen atoms in total. The molecule has 0 aliphatic carbocycles. The monoisotopic (exact) mass is 542 g/mol. The van der Waals surface area contributed by atoms with Crippen LogP contribution in [0, 0.1) is 0 Å². The Hall–Kier alpha value is -5.12. The average molecular weight is 543 g/mol. The second kappa shape index (κ2) is 14.7. The lowest BCUT2D eigenvalue weighted by Crippen LogP contribution is -2.32. The van der Waals surface area contributed by atoms with Gasteiger partial charge < -0.3 is 20.3 Å². The van der Waals surface area contributed by atoms with Crippen LogP contribution in [-0.4, -0.2) is 61.4 Å². The van der Waals surface area contributed by atoms with Crippen molar-refractivity contribution < 1.29 is 28.8 Å². The quantitative estimate of drug-likeness (QED) is 0.301. The van der Waals surface area contributed by atoms with Gasteiger partial charge in [-0.25, -0.2) is 0 Å². The van der Waals surface area contributed by atoms with Gasteiger partial charge >= 0.3 is 0 Å². The number of benzene rings is 3. The van der Waals surface area contributed by atoms with E-state index in [9.17, 15) is 28.8 Å². The van der Waals surface area contributed by atoms with E-state index in [1.807, 2.05) is 12.1 Å². The number of carbonyl (C=O) groups is 6. The van der Waals surface area contributed by atoms with Gasteiger partial charge in [0.1, 0.15) is 6.29 Å². The average Bonchev–Trinajstić information content (AvgIpc) is 2.97. The summed E-state index contributed by atoms with van der Waals surface area (Å²) in [6.07, 6.45) is 2.70. The molecule has 0 saturated carbocycles. The van der Waals surface area contributed by atoms with E-state index in [2.05, 4.69) is 10.6 Å². The van der Waals surface area contributed by atoms with Crippen LogP contribution in [0.5, 0.6) is 0 Å². The Bertz CT molecular complexity index is 1330. The van der Waals surface area contributed by atoms with Gasteiger partial charge in [-0.3, -0.25) is 28.9 Å². The lowest BCUT2D eigenvalue weighted by molar-refractivity contribution is -0.130. The van der Waals surface area contributed by atoms with Gasteiger partial charge in [-0.1, -0.05) is 24.3 Å². The molecule has 0 spiro atoms. The van der Waals surface area contributed by atoms with E-state index in [-0.39, 0.29) is 24.3 Å². The summed E-state index contributed by atoms with van der Waals surface area (Å²) in [7, 11) is 0. The maximum absolute atomic E-state index is 12.6. The summed E-state index contributed by atoms with van der Waals surface area (Å²) in [6.45, 7) is 2.29. The molecule has 3 rings (SSSR count). The van der Waals surface area contributed by atoms with Gasteiger partial charge in [-0.05, 0) is 72.5 Å². The Morgan fingerprint density at radius 3 is 1.82 bits per heavy atom. The zero-order valence-electron chi connectivity index (χ0n) is 22.0. The molecule has 3 aromatic rings. The van der Waals surface area contributed by atoms with Crippen molar-refractivity contribution in [3.8, 4) is 0 Å². The zero-order valence-corrected chi connectivity index (χ0v) is 22.0. The molecule has 206 valence electrons. The number of rotatable bonds is 14. The van der Waals surface area contributed by atoms with E-state index in [0.717, 1.165) is 16.0 Å². The third-order valence-electron chi connectivity index (χ3n) is 6.19. The SMILES string of the molecule is CC(=O)N(CC=O)CCc1ccc(NC(=O)c2ccc(C(=O)NCCc3ccc(N(C=O)C=O)cc3)cc2)cc1. The van der Waals surface area contributed by atoms with Crippen molar-refractivity contribution in [1.29, 1.82) is 0 Å². The van der Waals surface area contributed by atoms with Gasteiger partial charge in [0.25, 0.3) is 11.8 Å². The van der Waals surface area contributed by atoms with E-state index in [1.165, 1.54) is 11.8 Å². The van der Waals surface area contributed by atoms with Crippen molar-refractivity contribution in [3.05, 3.63) is 95.1 Å². The zero-order chi connectivity index (χ0) is 28.9. The lowest BCUT2D eigenvalue weighted by Gasteiger charge is -2.18. The van der Waals surface area contributed by atoms with Crippen molar-refractivity contribution in [2.24, 2.45) is 0 Å². The molecule has 3 aromatic carbocycles. The Morgan fingerprint density at radius 2 is 1.27 bits per heavy atom. The highest BCUT2D eigenvalue weighted by Crippen LogP contribution is 2.14. The third kappa shape index (κ3) is 8.45. The van der Waals surface area contributed by atoms with Gasteiger partial charge in [0.2, 0.25) is 18.7 Å². The first-order valence-electron chi connectivity index (χ1n) is 12.6. The van der Waals surface area contributed by atoms with Gasteiger partial charge in [0.15, 0.2) is 0 Å². The molecular formula is C30H30N4O6. The minimum Gasteiger partial charge on any atom is -0.352 e. The highest BCUT2D eigenvalue weighted by Gasteiger charge is 2.11. The lowest BCUT2D eigenvalue weighted by atomic mass is 10.1. The number of hydrogen-bond donors (Lipinski definition) is 2. The molecular weight excluding hydrogens is 512 g/mol. The van der Waals surface area contributed by atoms with Crippen molar-refractivity contribution in [1.82, 2.24) is 10.2 Å². The van der Waals surface area contributed by atoms with Crippen LogP contribution in [0.15, 0.2) is 72.8 Å². The van der Waals surface area contributed by atoms with Crippen LogP contribution in [0.3, 0.4) is 0 Å². The van der Waals surface area contributed by atoms with Crippen molar-refractivity contribution in [3.63, 3.8) is 0 Å². The van der Waals surface area contributed by atoms with Gasteiger partial charge in [-0.2, -0.15) is 0 Å². The number of carbonyl (C=O) groups excluding carboxylic acids is 6. The van der Waals surface area contributed by atoms with Gasteiger partial charge in [0.05, 0.1) is 12.2 Å². The fourth-order valence-electron chi connectivity index (χ4n) is 3.87. The molecule has 2 N–H and O–H groups in total. The summed E-state index contributed by atoms with van der Waals surface area (Å²) >= 11 is 0. The maximum Gasteiger partial charge on any atom is 0.255 e. The van der Waals surface area contributed by atoms with Crippen LogP contribution in [-0.2, 0) is 32.0 Å². The van der Waals surface area contributed by atoms with Crippen molar-refractivity contribution >= 4 is 48.2 Å². The molecule has 40 heavy (non-hydrogen) atoms. The van der Waals surface area contributed by atoms with E-state index >= 15 is 0 Å². The second-order valence-corrected chi connectivity index (χ2v) is 8.90. The first-order valence-corrected chi connectivity index (χ1v) is 12.6. The number of nitrogens with one attached hydrogen (secondary N) is 2. The van der Waals surface area contributed by atoms with Crippen LogP contribution in [0.25, 0.3) is 0 Å². The van der Waals surface area contributed by atoms with Gasteiger partial charge in [-0.15, -0.1) is 0 Å². The minimum atomic E-state index is -0.320. The molecule has 0 aliphatic heterocycles. The Morgan fingerprint density at radius 1 is 0.725 bits per heavy atom. The second-order valence-electron chi connectivity index (χ2n) is 8.90. The number of imide groups is 1. The van der Waals surface area contributed by atoms with E-state index in [1.54, 1.807) is 60.7 Å². The summed E-state index contributed by atoms with van der Waals surface area (Å²) in [5.41, 5.74) is 3.76. The molecule has 0 unspecified atom stereocenters. The molecule has 10 heteroatoms. The summed E-state index contributed by atoms with van der Waals surface area (Å²) in [6, 6.07) is 20.4.